The molecule has 0 amide bonds. The second kappa shape index (κ2) is 5.91. The molecule has 4 heteroatoms. The summed E-state index contributed by atoms with van der Waals surface area (Å²) in [5.74, 6) is 5.70. The van der Waals surface area contributed by atoms with Crippen molar-refractivity contribution in [2.24, 2.45) is 5.84 Å². The highest BCUT2D eigenvalue weighted by Crippen LogP contribution is 2.23. The Morgan fingerprint density at radius 1 is 1.05 bits per heavy atom. The average Bonchev–Trinajstić information content (AvgIpc) is 2.40. The zero-order valence-electron chi connectivity index (χ0n) is 11.1. The smallest absolute Gasteiger partial charge is 0.141 e. The van der Waals surface area contributed by atoms with Crippen LogP contribution in [0.25, 0.3) is 0 Å². The van der Waals surface area contributed by atoms with Crippen molar-refractivity contribution in [2.45, 2.75) is 25.8 Å². The Bertz CT molecular complexity index is 537. The van der Waals surface area contributed by atoms with Gasteiger partial charge in [-0.15, -0.1) is 0 Å². The zero-order valence-corrected chi connectivity index (χ0v) is 11.1. The van der Waals surface area contributed by atoms with Crippen molar-refractivity contribution >= 4 is 0 Å². The average molecular weight is 259 g/mol. The first-order chi connectivity index (χ1) is 9.11. The second-order valence-corrected chi connectivity index (χ2v) is 4.86. The van der Waals surface area contributed by atoms with Gasteiger partial charge in [-0.05, 0) is 28.7 Å². The van der Waals surface area contributed by atoms with Crippen LogP contribution < -0.4 is 11.3 Å². The lowest BCUT2D eigenvalue weighted by atomic mass is 9.96. The first-order valence-electron chi connectivity index (χ1n) is 6.28. The molecule has 0 aliphatic rings. The molecule has 1 atom stereocenters. The quantitative estimate of drug-likeness (QED) is 0.655. The van der Waals surface area contributed by atoms with Crippen LogP contribution in [0.4, 0.5) is 4.39 Å². The molecule has 3 N–H and O–H groups in total. The molecule has 0 bridgehead atoms. The van der Waals surface area contributed by atoms with Gasteiger partial charge in [0.05, 0.1) is 12.2 Å². The summed E-state index contributed by atoms with van der Waals surface area (Å²) in [4.78, 5) is 3.85. The maximum atomic E-state index is 13.2. The molecule has 2 aromatic rings. The van der Waals surface area contributed by atoms with E-state index in [2.05, 4.69) is 36.4 Å². The molecule has 0 aliphatic heterocycles. The third kappa shape index (κ3) is 3.16. The van der Waals surface area contributed by atoms with E-state index in [0.717, 1.165) is 5.56 Å². The molecule has 3 nitrogen and oxygen atoms in total. The van der Waals surface area contributed by atoms with Crippen LogP contribution in [0.1, 0.15) is 42.5 Å². The van der Waals surface area contributed by atoms with Gasteiger partial charge in [-0.3, -0.25) is 10.8 Å². The predicted octanol–water partition coefficient (Wildman–Crippen LogP) is 2.90. The standard InChI is InChI=1S/C15H18FN3/c1-10(2)11-3-5-12(6-4-11)15(19-17)13-7-14(16)9-18-8-13/h3-10,15,19H,17H2,1-2H3. The molecule has 19 heavy (non-hydrogen) atoms. The molecule has 0 saturated carbocycles. The molecule has 1 aromatic carbocycles. The van der Waals surface area contributed by atoms with Crippen LogP contribution in [0.3, 0.4) is 0 Å². The molecule has 0 spiro atoms. The summed E-state index contributed by atoms with van der Waals surface area (Å²) in [6.07, 6.45) is 2.79. The molecule has 2 rings (SSSR count). The number of nitrogens with one attached hydrogen (secondary N) is 1. The molecule has 1 heterocycles. The van der Waals surface area contributed by atoms with E-state index in [1.165, 1.54) is 17.8 Å². The van der Waals surface area contributed by atoms with Crippen LogP contribution in [0.15, 0.2) is 42.7 Å². The zero-order chi connectivity index (χ0) is 13.8. The third-order valence-corrected chi connectivity index (χ3v) is 3.16. The van der Waals surface area contributed by atoms with E-state index in [0.29, 0.717) is 11.5 Å². The Morgan fingerprint density at radius 2 is 1.68 bits per heavy atom. The van der Waals surface area contributed by atoms with Gasteiger partial charge in [-0.2, -0.15) is 0 Å². The Labute approximate surface area is 112 Å². The van der Waals surface area contributed by atoms with Gasteiger partial charge in [-0.25, -0.2) is 9.82 Å². The summed E-state index contributed by atoms with van der Waals surface area (Å²) in [7, 11) is 0. The van der Waals surface area contributed by atoms with Gasteiger partial charge in [0.1, 0.15) is 5.82 Å². The molecule has 0 fully saturated rings. The Morgan fingerprint density at radius 3 is 2.21 bits per heavy atom. The predicted molar refractivity (Wildman–Crippen MR) is 73.9 cm³/mol. The highest BCUT2D eigenvalue weighted by Gasteiger charge is 2.13. The van der Waals surface area contributed by atoms with Crippen molar-refractivity contribution in [3.63, 3.8) is 0 Å². The molecular weight excluding hydrogens is 241 g/mol. The number of hydrazine groups is 1. The van der Waals surface area contributed by atoms with Crippen molar-refractivity contribution in [1.29, 1.82) is 0 Å². The van der Waals surface area contributed by atoms with Gasteiger partial charge in [0.2, 0.25) is 0 Å². The monoisotopic (exact) mass is 259 g/mol. The number of pyridine rings is 1. The third-order valence-electron chi connectivity index (χ3n) is 3.16. The normalized spacial score (nSPS) is 12.7. The van der Waals surface area contributed by atoms with Crippen LogP contribution in [-0.2, 0) is 0 Å². The van der Waals surface area contributed by atoms with Gasteiger partial charge in [0.25, 0.3) is 0 Å². The first-order valence-corrected chi connectivity index (χ1v) is 6.28. The number of aromatic nitrogens is 1. The maximum absolute atomic E-state index is 13.2. The number of nitrogens with two attached hydrogens (primary N) is 1. The maximum Gasteiger partial charge on any atom is 0.141 e. The molecular formula is C15H18FN3. The van der Waals surface area contributed by atoms with Crippen molar-refractivity contribution in [3.8, 4) is 0 Å². The summed E-state index contributed by atoms with van der Waals surface area (Å²) in [6, 6.07) is 9.32. The minimum absolute atomic E-state index is 0.260. The molecule has 0 saturated heterocycles. The Balaban J connectivity index is 2.31. The fourth-order valence-corrected chi connectivity index (χ4v) is 2.04. The fraction of sp³-hybridized carbons (Fsp3) is 0.267. The van der Waals surface area contributed by atoms with E-state index >= 15 is 0 Å². The van der Waals surface area contributed by atoms with E-state index in [4.69, 9.17) is 5.84 Å². The summed E-state index contributed by atoms with van der Waals surface area (Å²) in [5.41, 5.74) is 5.66. The van der Waals surface area contributed by atoms with E-state index < -0.39 is 0 Å². The summed E-state index contributed by atoms with van der Waals surface area (Å²) >= 11 is 0. The van der Waals surface area contributed by atoms with Gasteiger partial charge in [-0.1, -0.05) is 38.1 Å². The lowest BCUT2D eigenvalue weighted by Crippen LogP contribution is -2.29. The van der Waals surface area contributed by atoms with E-state index in [-0.39, 0.29) is 11.9 Å². The van der Waals surface area contributed by atoms with Crippen molar-refractivity contribution in [3.05, 3.63) is 65.2 Å². The fourth-order valence-electron chi connectivity index (χ4n) is 2.04. The van der Waals surface area contributed by atoms with E-state index in [1.54, 1.807) is 6.20 Å². The van der Waals surface area contributed by atoms with E-state index in [1.807, 2.05) is 12.1 Å². The van der Waals surface area contributed by atoms with Crippen LogP contribution in [0.2, 0.25) is 0 Å². The van der Waals surface area contributed by atoms with Crippen LogP contribution in [0.5, 0.6) is 0 Å². The van der Waals surface area contributed by atoms with Crippen LogP contribution >= 0.6 is 0 Å². The largest absolute Gasteiger partial charge is 0.271 e. The van der Waals surface area contributed by atoms with Crippen molar-refractivity contribution in [2.75, 3.05) is 0 Å². The van der Waals surface area contributed by atoms with Crippen molar-refractivity contribution in [1.82, 2.24) is 10.4 Å². The van der Waals surface area contributed by atoms with Crippen molar-refractivity contribution < 1.29 is 4.39 Å². The summed E-state index contributed by atoms with van der Waals surface area (Å²) in [6.45, 7) is 4.29. The van der Waals surface area contributed by atoms with Gasteiger partial charge in [0, 0.05) is 6.20 Å². The number of rotatable bonds is 4. The SMILES string of the molecule is CC(C)c1ccc(C(NN)c2cncc(F)c2)cc1. The molecule has 0 aliphatic carbocycles. The molecule has 1 aromatic heterocycles. The minimum atomic E-state index is -0.364. The number of benzene rings is 1. The number of nitrogens with zero attached hydrogens (tertiary/aromatic N) is 1. The summed E-state index contributed by atoms with van der Waals surface area (Å²) < 4.78 is 13.2. The lowest BCUT2D eigenvalue weighted by molar-refractivity contribution is 0.597. The molecule has 100 valence electrons. The highest BCUT2D eigenvalue weighted by molar-refractivity contribution is 5.33. The summed E-state index contributed by atoms with van der Waals surface area (Å²) in [5, 5.41) is 0. The Hall–Kier alpha value is -1.78. The molecule has 0 radical (unpaired) electrons. The van der Waals surface area contributed by atoms with Gasteiger partial charge in [0.15, 0.2) is 0 Å². The second-order valence-electron chi connectivity index (χ2n) is 4.86. The van der Waals surface area contributed by atoms with Crippen LogP contribution in [-0.4, -0.2) is 4.98 Å². The number of halogens is 1. The number of hydrogen-bond donors (Lipinski definition) is 2. The molecule has 1 unspecified atom stereocenters. The first kappa shape index (κ1) is 13.6. The van der Waals surface area contributed by atoms with E-state index in [9.17, 15) is 4.39 Å². The minimum Gasteiger partial charge on any atom is -0.271 e. The number of hydrogen-bond acceptors (Lipinski definition) is 3. The topological polar surface area (TPSA) is 50.9 Å². The van der Waals surface area contributed by atoms with Crippen LogP contribution in [0, 0.1) is 5.82 Å². The van der Waals surface area contributed by atoms with Gasteiger partial charge >= 0.3 is 0 Å². The Kier molecular flexibility index (Phi) is 4.24. The highest BCUT2D eigenvalue weighted by atomic mass is 19.1. The lowest BCUT2D eigenvalue weighted by Gasteiger charge is -2.17. The van der Waals surface area contributed by atoms with Gasteiger partial charge < -0.3 is 0 Å².